The monoisotopic (exact) mass is 224 g/mol. The topological polar surface area (TPSA) is 26.3 Å². The summed E-state index contributed by atoms with van der Waals surface area (Å²) in [6.07, 6.45) is -3.21. The zero-order valence-electron chi connectivity index (χ0n) is 8.86. The number of carbonyl (C=O) groups is 1. The van der Waals surface area contributed by atoms with Crippen LogP contribution in [0.5, 0.6) is 0 Å². The molecule has 1 rings (SSSR count). The number of ketones is 1. The highest BCUT2D eigenvalue weighted by atomic mass is 19.4. The first kappa shape index (κ1) is 12.5. The van der Waals surface area contributed by atoms with Crippen molar-refractivity contribution >= 4 is 5.78 Å². The third-order valence-electron chi connectivity index (χ3n) is 3.19. The van der Waals surface area contributed by atoms with Crippen LogP contribution in [0, 0.1) is 5.92 Å². The minimum absolute atomic E-state index is 0.114. The van der Waals surface area contributed by atoms with Gasteiger partial charge in [0.25, 0.3) is 0 Å². The molecule has 1 aliphatic rings. The van der Waals surface area contributed by atoms with Gasteiger partial charge in [0.1, 0.15) is 5.78 Å². The van der Waals surface area contributed by atoms with E-state index in [4.69, 9.17) is 0 Å². The summed E-state index contributed by atoms with van der Waals surface area (Å²) in [5, 5.41) is 0. The van der Waals surface area contributed by atoms with Crippen LogP contribution in [0.1, 0.15) is 32.6 Å². The predicted octanol–water partition coefficient (Wildman–Crippen LogP) is 2.71. The first-order chi connectivity index (χ1) is 6.85. The third-order valence-corrected chi connectivity index (χ3v) is 3.19. The Bertz CT molecular complexity index is 250. The number of methoxy groups -OCH3 is 1. The Hall–Kier alpha value is -0.580. The van der Waals surface area contributed by atoms with Gasteiger partial charge in [-0.05, 0) is 19.8 Å². The molecular formula is C10H15F3O2. The molecule has 0 aromatic rings. The largest absolute Gasteiger partial charge is 0.418 e. The number of rotatable bonds is 2. The summed E-state index contributed by atoms with van der Waals surface area (Å²) in [6, 6.07) is 0. The number of hydrogen-bond donors (Lipinski definition) is 0. The van der Waals surface area contributed by atoms with Crippen LogP contribution in [0.25, 0.3) is 0 Å². The zero-order chi connectivity index (χ0) is 11.7. The van der Waals surface area contributed by atoms with Gasteiger partial charge < -0.3 is 4.74 Å². The van der Waals surface area contributed by atoms with E-state index in [-0.39, 0.29) is 12.8 Å². The van der Waals surface area contributed by atoms with Crippen LogP contribution < -0.4 is 0 Å². The average molecular weight is 224 g/mol. The second-order valence-corrected chi connectivity index (χ2v) is 4.00. The molecular weight excluding hydrogens is 209 g/mol. The van der Waals surface area contributed by atoms with E-state index in [1.54, 1.807) is 0 Å². The molecule has 0 heterocycles. The van der Waals surface area contributed by atoms with Crippen molar-refractivity contribution in [3.8, 4) is 0 Å². The molecule has 2 atom stereocenters. The maximum Gasteiger partial charge on any atom is 0.418 e. The van der Waals surface area contributed by atoms with Crippen molar-refractivity contribution in [1.82, 2.24) is 0 Å². The van der Waals surface area contributed by atoms with E-state index in [1.807, 2.05) is 0 Å². The molecule has 2 nitrogen and oxygen atoms in total. The maximum atomic E-state index is 12.9. The number of halogens is 3. The first-order valence-electron chi connectivity index (χ1n) is 4.97. The van der Waals surface area contributed by atoms with E-state index in [9.17, 15) is 18.0 Å². The highest BCUT2D eigenvalue weighted by molar-refractivity contribution is 5.79. The van der Waals surface area contributed by atoms with Crippen molar-refractivity contribution in [1.29, 1.82) is 0 Å². The van der Waals surface area contributed by atoms with Crippen LogP contribution in [-0.4, -0.2) is 24.7 Å². The molecule has 0 aliphatic heterocycles. The lowest BCUT2D eigenvalue weighted by molar-refractivity contribution is -0.293. The van der Waals surface area contributed by atoms with Crippen molar-refractivity contribution in [3.05, 3.63) is 0 Å². The standard InChI is InChI=1S/C10H15F3O2/c1-7(14)8-5-3-4-6-9(8,15-2)10(11,12)13/h8H,3-6H2,1-2H3. The Kier molecular flexibility index (Phi) is 3.43. The normalized spacial score (nSPS) is 32.7. The third kappa shape index (κ3) is 2.02. The molecule has 0 aromatic heterocycles. The van der Waals surface area contributed by atoms with Gasteiger partial charge in [-0.3, -0.25) is 4.79 Å². The van der Waals surface area contributed by atoms with E-state index in [1.165, 1.54) is 6.92 Å². The molecule has 0 N–H and O–H groups in total. The Morgan fingerprint density at radius 3 is 2.33 bits per heavy atom. The highest BCUT2D eigenvalue weighted by Gasteiger charge is 2.61. The molecule has 1 fully saturated rings. The molecule has 2 unspecified atom stereocenters. The van der Waals surface area contributed by atoms with Gasteiger partial charge in [-0.1, -0.05) is 12.8 Å². The van der Waals surface area contributed by atoms with E-state index >= 15 is 0 Å². The first-order valence-corrected chi connectivity index (χ1v) is 4.97. The molecule has 0 aromatic carbocycles. The molecule has 1 saturated carbocycles. The van der Waals surface area contributed by atoms with Gasteiger partial charge in [0.05, 0.1) is 5.92 Å². The fourth-order valence-electron chi connectivity index (χ4n) is 2.37. The molecule has 0 bridgehead atoms. The lowest BCUT2D eigenvalue weighted by Gasteiger charge is -2.42. The minimum Gasteiger partial charge on any atom is -0.368 e. The number of alkyl halides is 3. The van der Waals surface area contributed by atoms with Crippen LogP contribution in [0.3, 0.4) is 0 Å². The molecule has 0 saturated heterocycles. The smallest absolute Gasteiger partial charge is 0.368 e. The van der Waals surface area contributed by atoms with E-state index in [0.29, 0.717) is 12.8 Å². The van der Waals surface area contributed by atoms with Gasteiger partial charge >= 0.3 is 6.18 Å². The highest BCUT2D eigenvalue weighted by Crippen LogP contribution is 2.47. The summed E-state index contributed by atoms with van der Waals surface area (Å²) in [5.74, 6) is -1.48. The summed E-state index contributed by atoms with van der Waals surface area (Å²) >= 11 is 0. The van der Waals surface area contributed by atoms with Gasteiger partial charge in [-0.25, -0.2) is 0 Å². The van der Waals surface area contributed by atoms with E-state index in [0.717, 1.165) is 7.11 Å². The molecule has 0 amide bonds. The molecule has 0 radical (unpaired) electrons. The minimum atomic E-state index is -4.47. The Morgan fingerprint density at radius 1 is 1.40 bits per heavy atom. The van der Waals surface area contributed by atoms with Crippen LogP contribution in [0.4, 0.5) is 13.2 Å². The average Bonchev–Trinajstić information content (AvgIpc) is 2.15. The maximum absolute atomic E-state index is 12.9. The van der Waals surface area contributed by atoms with Crippen molar-refractivity contribution in [3.63, 3.8) is 0 Å². The summed E-state index contributed by atoms with van der Waals surface area (Å²) in [7, 11) is 1.04. The fraction of sp³-hybridized carbons (Fsp3) is 0.900. The van der Waals surface area contributed by atoms with Crippen molar-refractivity contribution in [2.24, 2.45) is 5.92 Å². The fourth-order valence-corrected chi connectivity index (χ4v) is 2.37. The van der Waals surface area contributed by atoms with Crippen molar-refractivity contribution in [2.45, 2.75) is 44.4 Å². The molecule has 88 valence electrons. The summed E-state index contributed by atoms with van der Waals surface area (Å²) in [5.41, 5.74) is -2.25. The number of carbonyl (C=O) groups excluding carboxylic acids is 1. The molecule has 0 spiro atoms. The summed E-state index contributed by atoms with van der Waals surface area (Å²) in [4.78, 5) is 11.2. The zero-order valence-corrected chi connectivity index (χ0v) is 8.86. The Morgan fingerprint density at radius 2 is 2.00 bits per heavy atom. The predicted molar refractivity (Wildman–Crippen MR) is 48.4 cm³/mol. The van der Waals surface area contributed by atoms with Crippen LogP contribution in [-0.2, 0) is 9.53 Å². The summed E-state index contributed by atoms with van der Waals surface area (Å²) < 4.78 is 43.5. The Labute approximate surface area is 86.8 Å². The molecule has 5 heteroatoms. The molecule has 1 aliphatic carbocycles. The van der Waals surface area contributed by atoms with Crippen LogP contribution in [0.15, 0.2) is 0 Å². The second kappa shape index (κ2) is 4.12. The number of hydrogen-bond acceptors (Lipinski definition) is 2. The van der Waals surface area contributed by atoms with Crippen LogP contribution in [0.2, 0.25) is 0 Å². The Balaban J connectivity index is 3.07. The number of Topliss-reactive ketones (excluding diaryl/α,β-unsaturated/α-hetero) is 1. The molecule has 15 heavy (non-hydrogen) atoms. The van der Waals surface area contributed by atoms with Gasteiger partial charge in [-0.15, -0.1) is 0 Å². The van der Waals surface area contributed by atoms with Crippen LogP contribution >= 0.6 is 0 Å². The number of ether oxygens (including phenoxy) is 1. The lowest BCUT2D eigenvalue weighted by atomic mass is 9.73. The van der Waals surface area contributed by atoms with Gasteiger partial charge in [0, 0.05) is 7.11 Å². The summed E-state index contributed by atoms with van der Waals surface area (Å²) in [6.45, 7) is 1.20. The van der Waals surface area contributed by atoms with E-state index in [2.05, 4.69) is 4.74 Å². The second-order valence-electron chi connectivity index (χ2n) is 4.00. The quantitative estimate of drug-likeness (QED) is 0.720. The lowest BCUT2D eigenvalue weighted by Crippen LogP contribution is -2.56. The SMILES string of the molecule is COC1(C(F)(F)F)CCCCC1C(C)=O. The van der Waals surface area contributed by atoms with E-state index < -0.39 is 23.5 Å². The van der Waals surface area contributed by atoms with Gasteiger partial charge in [0.2, 0.25) is 0 Å². The van der Waals surface area contributed by atoms with Crippen molar-refractivity contribution < 1.29 is 22.7 Å². The van der Waals surface area contributed by atoms with Gasteiger partial charge in [0.15, 0.2) is 5.60 Å². The van der Waals surface area contributed by atoms with Crippen molar-refractivity contribution in [2.75, 3.05) is 7.11 Å². The van der Waals surface area contributed by atoms with Gasteiger partial charge in [-0.2, -0.15) is 13.2 Å².